The summed E-state index contributed by atoms with van der Waals surface area (Å²) in [7, 11) is -3.64. The van der Waals surface area contributed by atoms with Gasteiger partial charge in [0.15, 0.2) is 0 Å². The van der Waals surface area contributed by atoms with Crippen LogP contribution in [0.5, 0.6) is 0 Å². The van der Waals surface area contributed by atoms with E-state index in [1.54, 1.807) is 0 Å². The van der Waals surface area contributed by atoms with Gasteiger partial charge in [-0.25, -0.2) is 0 Å². The van der Waals surface area contributed by atoms with E-state index in [1.165, 1.54) is 0 Å². The van der Waals surface area contributed by atoms with Crippen LogP contribution in [0.2, 0.25) is 0 Å². The molecule has 0 aliphatic rings. The minimum absolute atomic E-state index is 0.854. The topological polar surface area (TPSA) is 57.5 Å². The molecule has 0 atom stereocenters. The van der Waals surface area contributed by atoms with Crippen LogP contribution in [0.15, 0.2) is 36.4 Å². The van der Waals surface area contributed by atoms with Gasteiger partial charge in [0.25, 0.3) is 0 Å². The van der Waals surface area contributed by atoms with Gasteiger partial charge in [-0.1, -0.05) is 50.2 Å². The van der Waals surface area contributed by atoms with Crippen LogP contribution in [-0.4, -0.2) is 16.5 Å². The molecule has 0 aliphatic carbocycles. The molecule has 13 heavy (non-hydrogen) atoms. The van der Waals surface area contributed by atoms with Crippen molar-refractivity contribution in [2.24, 2.45) is 0 Å². The van der Waals surface area contributed by atoms with Crippen molar-refractivity contribution < 1.29 is 14.4 Å². The van der Waals surface area contributed by atoms with Crippen LogP contribution in [0.4, 0.5) is 0 Å². The molecule has 0 unspecified atom stereocenters. The zero-order valence-electron chi connectivity index (χ0n) is 8.21. The van der Waals surface area contributed by atoms with E-state index in [4.69, 9.17) is 9.79 Å². The van der Waals surface area contributed by atoms with Crippen molar-refractivity contribution >= 4 is 7.60 Å². The first-order valence-corrected chi connectivity index (χ1v) is 6.09. The molecule has 0 fully saturated rings. The van der Waals surface area contributed by atoms with Gasteiger partial charge in [-0.3, -0.25) is 4.57 Å². The van der Waals surface area contributed by atoms with Crippen LogP contribution in [0, 0.1) is 0 Å². The van der Waals surface area contributed by atoms with Crippen LogP contribution in [-0.2, 0) is 4.57 Å². The van der Waals surface area contributed by atoms with Crippen molar-refractivity contribution in [3.05, 3.63) is 36.4 Å². The first-order valence-electron chi connectivity index (χ1n) is 4.03. The highest BCUT2D eigenvalue weighted by atomic mass is 31.2. The van der Waals surface area contributed by atoms with E-state index in [9.17, 15) is 4.57 Å². The molecule has 76 valence electrons. The summed E-state index contributed by atoms with van der Waals surface area (Å²) in [6, 6.07) is 12.0. The predicted octanol–water partition coefficient (Wildman–Crippen LogP) is 2.51. The molecule has 3 nitrogen and oxygen atoms in total. The maximum absolute atomic E-state index is 9.33. The van der Waals surface area contributed by atoms with Crippen molar-refractivity contribution in [3.8, 4) is 0 Å². The van der Waals surface area contributed by atoms with Gasteiger partial charge in [0, 0.05) is 6.66 Å². The summed E-state index contributed by atoms with van der Waals surface area (Å²) in [6.45, 7) is 4.85. The molecule has 0 radical (unpaired) electrons. The summed E-state index contributed by atoms with van der Waals surface area (Å²) in [5.41, 5.74) is 0. The summed E-state index contributed by atoms with van der Waals surface area (Å²) < 4.78 is 9.33. The van der Waals surface area contributed by atoms with Crippen LogP contribution < -0.4 is 0 Å². The van der Waals surface area contributed by atoms with Gasteiger partial charge in [-0.2, -0.15) is 0 Å². The Kier molecular flexibility index (Phi) is 10.8. The quantitative estimate of drug-likeness (QED) is 0.638. The highest BCUT2D eigenvalue weighted by Crippen LogP contribution is 2.26. The molecule has 1 rings (SSSR count). The van der Waals surface area contributed by atoms with E-state index >= 15 is 0 Å². The van der Waals surface area contributed by atoms with Gasteiger partial charge < -0.3 is 9.79 Å². The smallest absolute Gasteiger partial charge is 0.322 e. The van der Waals surface area contributed by atoms with Crippen LogP contribution >= 0.6 is 7.60 Å². The molecular weight excluding hydrogens is 187 g/mol. The van der Waals surface area contributed by atoms with E-state index in [0.717, 1.165) is 6.66 Å². The van der Waals surface area contributed by atoms with Crippen LogP contribution in [0.1, 0.15) is 13.8 Å². The molecule has 4 heteroatoms. The fourth-order valence-electron chi connectivity index (χ4n) is 0.385. The van der Waals surface area contributed by atoms with E-state index in [1.807, 2.05) is 50.2 Å². The molecule has 0 saturated heterocycles. The molecule has 2 N–H and O–H groups in total. The Labute approximate surface area is 79.6 Å². The minimum atomic E-state index is -3.64. The van der Waals surface area contributed by atoms with Gasteiger partial charge in [-0.15, -0.1) is 0 Å². The second kappa shape index (κ2) is 9.46. The second-order valence-corrected chi connectivity index (χ2v) is 3.66. The number of benzene rings is 1. The molecule has 0 bridgehead atoms. The SMILES string of the molecule is CC.CP(=O)(O)O.c1ccccc1. The first kappa shape index (κ1) is 14.9. The Morgan fingerprint density at radius 3 is 1.00 bits per heavy atom. The Morgan fingerprint density at radius 1 is 0.846 bits per heavy atom. The summed E-state index contributed by atoms with van der Waals surface area (Å²) in [5, 5.41) is 0. The number of hydrogen-bond donors (Lipinski definition) is 2. The lowest BCUT2D eigenvalue weighted by Gasteiger charge is -1.84. The number of rotatable bonds is 0. The highest BCUT2D eigenvalue weighted by Gasteiger charge is 1.95. The Bertz CT molecular complexity index is 183. The van der Waals surface area contributed by atoms with Gasteiger partial charge in [0.05, 0.1) is 0 Å². The summed E-state index contributed by atoms with van der Waals surface area (Å²) in [6.07, 6.45) is 0. The Morgan fingerprint density at radius 2 is 0.923 bits per heavy atom. The van der Waals surface area contributed by atoms with E-state index in [2.05, 4.69) is 0 Å². The molecule has 1 aromatic carbocycles. The standard InChI is InChI=1S/C6H6.C2H6.CH5O3P/c1-2-4-6-5-3-1;1-2;1-5(2,3)4/h1-6H;1-2H3;1H3,(H2,2,3,4). The summed E-state index contributed by atoms with van der Waals surface area (Å²) in [5.74, 6) is 0. The van der Waals surface area contributed by atoms with Crippen molar-refractivity contribution in [1.29, 1.82) is 0 Å². The van der Waals surface area contributed by atoms with Gasteiger partial charge >= 0.3 is 7.60 Å². The molecule has 0 saturated carbocycles. The normalized spacial score (nSPS) is 8.69. The monoisotopic (exact) mass is 204 g/mol. The summed E-state index contributed by atoms with van der Waals surface area (Å²) in [4.78, 5) is 15.3. The average molecular weight is 204 g/mol. The lowest BCUT2D eigenvalue weighted by molar-refractivity contribution is 0.381. The molecule has 0 heterocycles. The Balaban J connectivity index is 0. The molecule has 0 aromatic heterocycles. The van der Waals surface area contributed by atoms with E-state index in [0.29, 0.717) is 0 Å². The molecule has 0 aliphatic heterocycles. The molecule has 1 aromatic rings. The fraction of sp³-hybridized carbons (Fsp3) is 0.333. The van der Waals surface area contributed by atoms with Crippen molar-refractivity contribution in [1.82, 2.24) is 0 Å². The zero-order chi connectivity index (χ0) is 10.7. The highest BCUT2D eigenvalue weighted by molar-refractivity contribution is 7.50. The van der Waals surface area contributed by atoms with Crippen molar-refractivity contribution in [2.75, 3.05) is 6.66 Å². The Hall–Kier alpha value is -0.630. The maximum atomic E-state index is 9.33. The van der Waals surface area contributed by atoms with Crippen molar-refractivity contribution in [2.45, 2.75) is 13.8 Å². The maximum Gasteiger partial charge on any atom is 0.322 e. The van der Waals surface area contributed by atoms with Crippen LogP contribution in [0.25, 0.3) is 0 Å². The lowest BCUT2D eigenvalue weighted by atomic mass is 10.4. The predicted molar refractivity (Wildman–Crippen MR) is 55.8 cm³/mol. The van der Waals surface area contributed by atoms with Gasteiger partial charge in [-0.05, 0) is 0 Å². The van der Waals surface area contributed by atoms with Crippen molar-refractivity contribution in [3.63, 3.8) is 0 Å². The van der Waals surface area contributed by atoms with Gasteiger partial charge in [0.1, 0.15) is 0 Å². The third-order valence-electron chi connectivity index (χ3n) is 0.667. The zero-order valence-corrected chi connectivity index (χ0v) is 9.11. The lowest BCUT2D eigenvalue weighted by Crippen LogP contribution is -1.64. The van der Waals surface area contributed by atoms with E-state index in [-0.39, 0.29) is 0 Å². The first-order chi connectivity index (χ1) is 6.00. The minimum Gasteiger partial charge on any atom is -0.325 e. The largest absolute Gasteiger partial charge is 0.325 e. The third kappa shape index (κ3) is 34.6. The second-order valence-electron chi connectivity index (χ2n) is 1.99. The molecule has 0 amide bonds. The summed E-state index contributed by atoms with van der Waals surface area (Å²) >= 11 is 0. The van der Waals surface area contributed by atoms with E-state index < -0.39 is 7.60 Å². The molecule has 0 spiro atoms. The van der Waals surface area contributed by atoms with Gasteiger partial charge in [0.2, 0.25) is 0 Å². The molecular formula is C9H17O3P. The number of hydrogen-bond acceptors (Lipinski definition) is 1. The fourth-order valence-corrected chi connectivity index (χ4v) is 0.385. The third-order valence-corrected chi connectivity index (χ3v) is 0.667. The average Bonchev–Trinajstić information content (AvgIpc) is 2.08. The van der Waals surface area contributed by atoms with Crippen LogP contribution in [0.3, 0.4) is 0 Å².